The average molecular weight is 415 g/mol. The highest BCUT2D eigenvalue weighted by Crippen LogP contribution is 2.38. The van der Waals surface area contributed by atoms with Gasteiger partial charge in [-0.3, -0.25) is 9.69 Å². The van der Waals surface area contributed by atoms with Crippen LogP contribution >= 0.6 is 22.9 Å². The molecule has 0 spiro atoms. The molecule has 2 atom stereocenters. The van der Waals surface area contributed by atoms with Gasteiger partial charge in [-0.2, -0.15) is 0 Å². The van der Waals surface area contributed by atoms with Gasteiger partial charge in [0.25, 0.3) is 0 Å². The van der Waals surface area contributed by atoms with E-state index in [1.807, 2.05) is 30.3 Å². The van der Waals surface area contributed by atoms with Gasteiger partial charge < -0.3 is 9.84 Å². The standard InChI is InChI=1S/C21H19ClN2O3S/c22-16-2-1-3-18-19(16)23-20(28-18)15-9-13-5-4-12(8-17(13)27-21(15)26)10-24-7-6-14(25)11-24/h1-5,8,14-15,25H,6-7,9-11H2. The van der Waals surface area contributed by atoms with Crippen LogP contribution < -0.4 is 4.74 Å². The molecule has 3 aromatic rings. The number of aliphatic hydroxyl groups is 1. The molecular weight excluding hydrogens is 396 g/mol. The number of ether oxygens (including phenoxy) is 1. The van der Waals surface area contributed by atoms with Crippen molar-refractivity contribution in [1.82, 2.24) is 9.88 Å². The number of aliphatic hydroxyl groups excluding tert-OH is 1. The molecule has 5 rings (SSSR count). The fourth-order valence-electron chi connectivity index (χ4n) is 3.93. The lowest BCUT2D eigenvalue weighted by atomic mass is 9.95. The summed E-state index contributed by atoms with van der Waals surface area (Å²) in [5.41, 5.74) is 2.84. The number of likely N-dealkylation sites (tertiary alicyclic amines) is 1. The molecule has 1 aromatic heterocycles. The van der Waals surface area contributed by atoms with Crippen LogP contribution in [0.5, 0.6) is 5.75 Å². The SMILES string of the molecule is O=C1Oc2cc(CN3CCC(O)C3)ccc2CC1c1nc2c(Cl)cccc2s1. The Balaban J connectivity index is 1.39. The number of carbonyl (C=O) groups is 1. The summed E-state index contributed by atoms with van der Waals surface area (Å²) in [6, 6.07) is 11.7. The summed E-state index contributed by atoms with van der Waals surface area (Å²) in [7, 11) is 0. The van der Waals surface area contributed by atoms with Gasteiger partial charge in [-0.25, -0.2) is 4.98 Å². The third-order valence-corrected chi connectivity index (χ3v) is 6.83. The van der Waals surface area contributed by atoms with Crippen LogP contribution in [0.25, 0.3) is 10.2 Å². The lowest BCUT2D eigenvalue weighted by molar-refractivity contribution is -0.137. The van der Waals surface area contributed by atoms with E-state index in [0.717, 1.165) is 45.9 Å². The summed E-state index contributed by atoms with van der Waals surface area (Å²) in [4.78, 5) is 19.5. The number of benzene rings is 2. The van der Waals surface area contributed by atoms with Crippen molar-refractivity contribution in [3.8, 4) is 5.75 Å². The highest BCUT2D eigenvalue weighted by Gasteiger charge is 2.33. The summed E-state index contributed by atoms with van der Waals surface area (Å²) in [5, 5.41) is 11.0. The van der Waals surface area contributed by atoms with Gasteiger partial charge in [-0.05, 0) is 42.2 Å². The van der Waals surface area contributed by atoms with Crippen LogP contribution in [-0.2, 0) is 17.8 Å². The zero-order valence-corrected chi connectivity index (χ0v) is 16.7. The first-order valence-corrected chi connectivity index (χ1v) is 10.5. The molecule has 1 N–H and O–H groups in total. The summed E-state index contributed by atoms with van der Waals surface area (Å²) in [5.74, 6) is -0.0328. The highest BCUT2D eigenvalue weighted by atomic mass is 35.5. The first kappa shape index (κ1) is 18.1. The first-order valence-electron chi connectivity index (χ1n) is 9.35. The lowest BCUT2D eigenvalue weighted by Gasteiger charge is -2.23. The van der Waals surface area contributed by atoms with Crippen LogP contribution in [0, 0.1) is 0 Å². The molecule has 2 aromatic carbocycles. The van der Waals surface area contributed by atoms with Gasteiger partial charge in [0.15, 0.2) is 0 Å². The molecule has 1 fully saturated rings. The summed E-state index contributed by atoms with van der Waals surface area (Å²) >= 11 is 7.73. The summed E-state index contributed by atoms with van der Waals surface area (Å²) < 4.78 is 6.65. The van der Waals surface area contributed by atoms with E-state index in [2.05, 4.69) is 16.0 Å². The number of esters is 1. The molecule has 0 aliphatic carbocycles. The van der Waals surface area contributed by atoms with Crippen molar-refractivity contribution in [3.63, 3.8) is 0 Å². The predicted octanol–water partition coefficient (Wildman–Crippen LogP) is 3.76. The smallest absolute Gasteiger partial charge is 0.321 e. The van der Waals surface area contributed by atoms with Crippen LogP contribution in [0.2, 0.25) is 5.02 Å². The Morgan fingerprint density at radius 2 is 2.21 bits per heavy atom. The van der Waals surface area contributed by atoms with Crippen molar-refractivity contribution in [3.05, 3.63) is 57.6 Å². The van der Waals surface area contributed by atoms with Crippen molar-refractivity contribution in [2.45, 2.75) is 31.4 Å². The Morgan fingerprint density at radius 1 is 1.32 bits per heavy atom. The van der Waals surface area contributed by atoms with E-state index < -0.39 is 5.92 Å². The molecular formula is C21H19ClN2O3S. The zero-order valence-electron chi connectivity index (χ0n) is 15.1. The second-order valence-corrected chi connectivity index (χ2v) is 8.91. The van der Waals surface area contributed by atoms with Crippen LogP contribution in [0.15, 0.2) is 36.4 Å². The van der Waals surface area contributed by atoms with E-state index in [4.69, 9.17) is 16.3 Å². The molecule has 2 aliphatic heterocycles. The van der Waals surface area contributed by atoms with Gasteiger partial charge in [0, 0.05) is 19.6 Å². The maximum atomic E-state index is 12.7. The monoisotopic (exact) mass is 414 g/mol. The Hall–Kier alpha value is -1.99. The number of rotatable bonds is 3. The van der Waals surface area contributed by atoms with E-state index in [0.29, 0.717) is 23.7 Å². The molecule has 5 nitrogen and oxygen atoms in total. The molecule has 1 saturated heterocycles. The van der Waals surface area contributed by atoms with Gasteiger partial charge in [0.05, 0.1) is 15.8 Å². The normalized spacial score (nSPS) is 22.4. The molecule has 2 aliphatic rings. The van der Waals surface area contributed by atoms with Crippen LogP contribution in [-0.4, -0.2) is 40.2 Å². The van der Waals surface area contributed by atoms with Crippen LogP contribution in [0.4, 0.5) is 0 Å². The van der Waals surface area contributed by atoms with Gasteiger partial charge in [-0.1, -0.05) is 29.8 Å². The van der Waals surface area contributed by atoms with E-state index in [9.17, 15) is 9.90 Å². The largest absolute Gasteiger partial charge is 0.426 e. The number of fused-ring (bicyclic) bond motifs is 2. The minimum atomic E-state index is -0.402. The van der Waals surface area contributed by atoms with Gasteiger partial charge in [-0.15, -0.1) is 11.3 Å². The van der Waals surface area contributed by atoms with Crippen molar-refractivity contribution >= 4 is 39.1 Å². The van der Waals surface area contributed by atoms with Crippen LogP contribution in [0.1, 0.15) is 28.5 Å². The Labute approximate surface area is 171 Å². The summed E-state index contributed by atoms with van der Waals surface area (Å²) in [6.45, 7) is 2.33. The Morgan fingerprint density at radius 3 is 3.00 bits per heavy atom. The fourth-order valence-corrected chi connectivity index (χ4v) is 5.28. The number of hydrogen-bond acceptors (Lipinski definition) is 6. The molecule has 0 radical (unpaired) electrons. The number of thiazole rings is 1. The van der Waals surface area contributed by atoms with Crippen molar-refractivity contribution < 1.29 is 14.6 Å². The molecule has 3 heterocycles. The molecule has 0 amide bonds. The lowest BCUT2D eigenvalue weighted by Crippen LogP contribution is -2.26. The van der Waals surface area contributed by atoms with Crippen molar-refractivity contribution in [1.29, 1.82) is 0 Å². The number of β-amino-alcohol motifs (C(OH)–C–C–N with tert-alkyl or cyclic N) is 1. The van der Waals surface area contributed by atoms with E-state index in [1.54, 1.807) is 0 Å². The third kappa shape index (κ3) is 3.31. The average Bonchev–Trinajstić information content (AvgIpc) is 3.28. The zero-order chi connectivity index (χ0) is 19.3. The first-order chi connectivity index (χ1) is 13.6. The van der Waals surface area contributed by atoms with E-state index in [-0.39, 0.29) is 12.1 Å². The maximum Gasteiger partial charge on any atom is 0.321 e. The molecule has 0 bridgehead atoms. The Kier molecular flexibility index (Phi) is 4.59. The summed E-state index contributed by atoms with van der Waals surface area (Å²) in [6.07, 6.45) is 1.15. The number of carbonyl (C=O) groups excluding carboxylic acids is 1. The molecule has 2 unspecified atom stereocenters. The fraction of sp³-hybridized carbons (Fsp3) is 0.333. The van der Waals surface area contributed by atoms with Gasteiger partial charge in [0.2, 0.25) is 0 Å². The maximum absolute atomic E-state index is 12.7. The van der Waals surface area contributed by atoms with Crippen LogP contribution in [0.3, 0.4) is 0 Å². The number of para-hydroxylation sites is 1. The number of halogens is 1. The second-order valence-electron chi connectivity index (χ2n) is 7.44. The number of hydrogen-bond donors (Lipinski definition) is 1. The number of nitrogens with zero attached hydrogens (tertiary/aromatic N) is 2. The molecule has 144 valence electrons. The van der Waals surface area contributed by atoms with E-state index >= 15 is 0 Å². The van der Waals surface area contributed by atoms with Crippen molar-refractivity contribution in [2.24, 2.45) is 0 Å². The van der Waals surface area contributed by atoms with Gasteiger partial charge >= 0.3 is 5.97 Å². The molecule has 28 heavy (non-hydrogen) atoms. The highest BCUT2D eigenvalue weighted by molar-refractivity contribution is 7.18. The van der Waals surface area contributed by atoms with E-state index in [1.165, 1.54) is 11.3 Å². The minimum absolute atomic E-state index is 0.237. The molecule has 7 heteroatoms. The number of aromatic nitrogens is 1. The van der Waals surface area contributed by atoms with Gasteiger partial charge in [0.1, 0.15) is 22.2 Å². The topological polar surface area (TPSA) is 62.7 Å². The molecule has 0 saturated carbocycles. The Bertz CT molecular complexity index is 1070. The van der Waals surface area contributed by atoms with Crippen molar-refractivity contribution in [2.75, 3.05) is 13.1 Å². The second kappa shape index (κ2) is 7.12. The quantitative estimate of drug-likeness (QED) is 0.522. The predicted molar refractivity (Wildman–Crippen MR) is 109 cm³/mol. The minimum Gasteiger partial charge on any atom is -0.426 e. The third-order valence-electron chi connectivity index (χ3n) is 5.39.